The normalized spacial score (nSPS) is 14.3. The molecule has 0 saturated heterocycles. The molecule has 0 amide bonds. The zero-order chi connectivity index (χ0) is 12.3. The van der Waals surface area contributed by atoms with Crippen molar-refractivity contribution < 1.29 is 17.5 Å². The number of hydrogen-bond donors (Lipinski definition) is 2. The molecule has 0 aliphatic carbocycles. The van der Waals surface area contributed by atoms with Crippen LogP contribution in [-0.4, -0.2) is 63.0 Å². The topological polar surface area (TPSA) is 66.4 Å². The fourth-order valence-corrected chi connectivity index (χ4v) is 2.32. The molecule has 0 radical (unpaired) electrons. The average Bonchev–Trinajstić information content (AvgIpc) is 1.98. The highest BCUT2D eigenvalue weighted by Gasteiger charge is 2.28. The van der Waals surface area contributed by atoms with Gasteiger partial charge in [0.15, 0.2) is 0 Å². The minimum Gasteiger partial charge on any atom is -0.326 e. The summed E-state index contributed by atoms with van der Waals surface area (Å²) >= 11 is 0. The first-order valence-electron chi connectivity index (χ1n) is 4.94. The molecule has 2 N–H and O–H groups in total. The Hall–Kier alpha value is -0.170. The first-order valence-corrected chi connectivity index (χ1v) is 6.54. The van der Waals surface area contributed by atoms with Crippen molar-refractivity contribution in [1.82, 2.24) is 5.32 Å². The van der Waals surface area contributed by atoms with Gasteiger partial charge in [0, 0.05) is 0 Å². The Morgan fingerprint density at radius 2 is 1.80 bits per heavy atom. The van der Waals surface area contributed by atoms with Crippen LogP contribution in [0.3, 0.4) is 0 Å². The summed E-state index contributed by atoms with van der Waals surface area (Å²) in [7, 11) is 1.92. The highest BCUT2D eigenvalue weighted by atomic mass is 32.2. The SMILES string of the molecule is CNC(C)(C)C[N+](C)(C)CCS(=O)(=O)O. The summed E-state index contributed by atoms with van der Waals surface area (Å²) in [5.41, 5.74) is -0.0529. The smallest absolute Gasteiger partial charge is 0.270 e. The summed E-state index contributed by atoms with van der Waals surface area (Å²) in [4.78, 5) is 0. The van der Waals surface area contributed by atoms with Gasteiger partial charge in [-0.05, 0) is 20.9 Å². The van der Waals surface area contributed by atoms with Crippen molar-refractivity contribution in [3.05, 3.63) is 0 Å². The van der Waals surface area contributed by atoms with E-state index in [1.165, 1.54) is 0 Å². The lowest BCUT2D eigenvalue weighted by Gasteiger charge is -2.37. The second kappa shape index (κ2) is 4.78. The van der Waals surface area contributed by atoms with Crippen LogP contribution in [0.4, 0.5) is 0 Å². The van der Waals surface area contributed by atoms with Crippen molar-refractivity contribution in [2.24, 2.45) is 0 Å². The van der Waals surface area contributed by atoms with E-state index in [-0.39, 0.29) is 11.3 Å². The van der Waals surface area contributed by atoms with E-state index in [4.69, 9.17) is 4.55 Å². The minimum atomic E-state index is -3.86. The van der Waals surface area contributed by atoms with Crippen LogP contribution in [-0.2, 0) is 10.1 Å². The third-order valence-electron chi connectivity index (χ3n) is 2.45. The molecule has 0 heterocycles. The van der Waals surface area contributed by atoms with E-state index < -0.39 is 10.1 Å². The van der Waals surface area contributed by atoms with E-state index in [0.717, 1.165) is 6.54 Å². The predicted molar refractivity (Wildman–Crippen MR) is 61.4 cm³/mol. The first kappa shape index (κ1) is 14.8. The van der Waals surface area contributed by atoms with Gasteiger partial charge >= 0.3 is 0 Å². The summed E-state index contributed by atoms with van der Waals surface area (Å²) in [6, 6.07) is 0. The lowest BCUT2D eigenvalue weighted by Crippen LogP contribution is -2.55. The Kier molecular flexibility index (Phi) is 4.72. The second-order valence-corrected chi connectivity index (χ2v) is 6.81. The number of nitrogens with zero attached hydrogens (tertiary/aromatic N) is 1. The fraction of sp³-hybridized carbons (Fsp3) is 1.00. The van der Waals surface area contributed by atoms with E-state index in [9.17, 15) is 8.42 Å². The van der Waals surface area contributed by atoms with Crippen LogP contribution in [0.25, 0.3) is 0 Å². The molecule has 6 heteroatoms. The second-order valence-electron chi connectivity index (χ2n) is 5.24. The number of likely N-dealkylation sites (N-methyl/N-ethyl adjacent to an activating group) is 2. The van der Waals surface area contributed by atoms with Gasteiger partial charge in [0.25, 0.3) is 10.1 Å². The van der Waals surface area contributed by atoms with Gasteiger partial charge in [-0.3, -0.25) is 4.55 Å². The standard InChI is InChI=1S/C9H22N2O3S/c1-9(2,10-3)8-11(4,5)6-7-15(12,13)14/h10H,6-8H2,1-5H3/p+1. The molecule has 0 fully saturated rings. The van der Waals surface area contributed by atoms with Crippen LogP contribution in [0.5, 0.6) is 0 Å². The van der Waals surface area contributed by atoms with Crippen molar-refractivity contribution >= 4 is 10.1 Å². The summed E-state index contributed by atoms with van der Waals surface area (Å²) in [6.07, 6.45) is 0. The van der Waals surface area contributed by atoms with E-state index in [1.54, 1.807) is 0 Å². The average molecular weight is 239 g/mol. The van der Waals surface area contributed by atoms with Gasteiger partial charge < -0.3 is 9.80 Å². The number of nitrogens with one attached hydrogen (secondary N) is 1. The molecule has 0 aliphatic rings. The van der Waals surface area contributed by atoms with Gasteiger partial charge in [-0.2, -0.15) is 8.42 Å². The molecule has 0 saturated carbocycles. The summed E-state index contributed by atoms with van der Waals surface area (Å²) in [5.74, 6) is -0.195. The molecule has 0 aromatic heterocycles. The molecule has 0 atom stereocenters. The molecule has 0 aliphatic heterocycles. The number of rotatable bonds is 6. The quantitative estimate of drug-likeness (QED) is 0.504. The van der Waals surface area contributed by atoms with Gasteiger partial charge in [-0.15, -0.1) is 0 Å². The third-order valence-corrected chi connectivity index (χ3v) is 3.15. The van der Waals surface area contributed by atoms with Crippen LogP contribution in [0, 0.1) is 0 Å². The zero-order valence-corrected chi connectivity index (χ0v) is 11.1. The fourth-order valence-electron chi connectivity index (χ4n) is 1.59. The largest absolute Gasteiger partial charge is 0.326 e. The molecule has 0 unspecified atom stereocenters. The zero-order valence-electron chi connectivity index (χ0n) is 10.2. The van der Waals surface area contributed by atoms with Gasteiger partial charge in [0.05, 0.1) is 32.7 Å². The summed E-state index contributed by atoms with van der Waals surface area (Å²) in [5, 5.41) is 3.17. The molecule has 15 heavy (non-hydrogen) atoms. The Morgan fingerprint density at radius 1 is 1.33 bits per heavy atom. The van der Waals surface area contributed by atoms with Crippen molar-refractivity contribution in [3.63, 3.8) is 0 Å². The maximum Gasteiger partial charge on any atom is 0.270 e. The molecule has 0 spiro atoms. The van der Waals surface area contributed by atoms with Crippen LogP contribution >= 0.6 is 0 Å². The van der Waals surface area contributed by atoms with Crippen molar-refractivity contribution in [3.8, 4) is 0 Å². The Balaban J connectivity index is 4.32. The van der Waals surface area contributed by atoms with Gasteiger partial charge in [-0.1, -0.05) is 0 Å². The molecule has 0 bridgehead atoms. The molecule has 0 rings (SSSR count). The Morgan fingerprint density at radius 3 is 2.13 bits per heavy atom. The van der Waals surface area contributed by atoms with Gasteiger partial charge in [0.2, 0.25) is 0 Å². The number of hydrogen-bond acceptors (Lipinski definition) is 3. The Labute approximate surface area is 92.8 Å². The molecular formula is C9H23N2O3S+. The van der Waals surface area contributed by atoms with E-state index in [0.29, 0.717) is 11.0 Å². The molecule has 5 nitrogen and oxygen atoms in total. The lowest BCUT2D eigenvalue weighted by atomic mass is 10.0. The van der Waals surface area contributed by atoms with Crippen molar-refractivity contribution in [2.45, 2.75) is 19.4 Å². The van der Waals surface area contributed by atoms with E-state index in [1.807, 2.05) is 21.1 Å². The van der Waals surface area contributed by atoms with Crippen molar-refractivity contribution in [1.29, 1.82) is 0 Å². The summed E-state index contributed by atoms with van der Waals surface area (Å²) < 4.78 is 30.5. The van der Waals surface area contributed by atoms with Gasteiger partial charge in [0.1, 0.15) is 5.75 Å². The van der Waals surface area contributed by atoms with Gasteiger partial charge in [-0.25, -0.2) is 0 Å². The predicted octanol–water partition coefficient (Wildman–Crippen LogP) is -0.0514. The monoisotopic (exact) mass is 239 g/mol. The molecule has 0 aromatic carbocycles. The minimum absolute atomic E-state index is 0.0529. The summed E-state index contributed by atoms with van der Waals surface area (Å²) in [6.45, 7) is 5.31. The number of quaternary nitrogens is 1. The highest BCUT2D eigenvalue weighted by Crippen LogP contribution is 2.09. The van der Waals surface area contributed by atoms with E-state index in [2.05, 4.69) is 19.2 Å². The van der Waals surface area contributed by atoms with Crippen molar-refractivity contribution in [2.75, 3.05) is 40.0 Å². The molecular weight excluding hydrogens is 216 g/mol. The first-order chi connectivity index (χ1) is 6.47. The van der Waals surface area contributed by atoms with Crippen LogP contribution < -0.4 is 5.32 Å². The van der Waals surface area contributed by atoms with Crippen LogP contribution in [0.2, 0.25) is 0 Å². The maximum absolute atomic E-state index is 10.6. The molecule has 92 valence electrons. The maximum atomic E-state index is 10.6. The lowest BCUT2D eigenvalue weighted by molar-refractivity contribution is -0.891. The highest BCUT2D eigenvalue weighted by molar-refractivity contribution is 7.85. The van der Waals surface area contributed by atoms with E-state index >= 15 is 0 Å². The third kappa shape index (κ3) is 7.72. The van der Waals surface area contributed by atoms with Crippen LogP contribution in [0.15, 0.2) is 0 Å². The molecule has 0 aromatic rings. The van der Waals surface area contributed by atoms with Crippen LogP contribution in [0.1, 0.15) is 13.8 Å². The Bertz CT molecular complexity index is 296.